The van der Waals surface area contributed by atoms with Gasteiger partial charge in [0, 0.05) is 23.8 Å². The van der Waals surface area contributed by atoms with Crippen LogP contribution in [0.15, 0.2) is 59.1 Å². The van der Waals surface area contributed by atoms with Crippen LogP contribution in [-0.2, 0) is 16.0 Å². The summed E-state index contributed by atoms with van der Waals surface area (Å²) in [5, 5.41) is 3.31. The highest BCUT2D eigenvalue weighted by Gasteiger charge is 2.41. The van der Waals surface area contributed by atoms with Crippen LogP contribution >= 0.6 is 28.1 Å². The first kappa shape index (κ1) is 19.5. The van der Waals surface area contributed by atoms with Gasteiger partial charge in [0.05, 0.1) is 6.42 Å². The standard InChI is InChI=1S/C20H20BrN3O2S/c1-23-19(26)17(13-18(25)22-16-9-7-15(21)8-10-16)24(20(23)27)12-11-14-5-3-2-4-6-14/h2-10,17H,11-13H2,1H3,(H,22,25). The van der Waals surface area contributed by atoms with Crippen LogP contribution in [-0.4, -0.2) is 46.4 Å². The molecular formula is C20H20BrN3O2S. The van der Waals surface area contributed by atoms with Gasteiger partial charge in [0.1, 0.15) is 6.04 Å². The van der Waals surface area contributed by atoms with E-state index in [1.54, 1.807) is 7.05 Å². The molecule has 7 heteroatoms. The minimum atomic E-state index is -0.568. The Hall–Kier alpha value is -2.25. The van der Waals surface area contributed by atoms with Crippen molar-refractivity contribution in [2.75, 3.05) is 18.9 Å². The van der Waals surface area contributed by atoms with Gasteiger partial charge in [-0.15, -0.1) is 0 Å². The summed E-state index contributed by atoms with van der Waals surface area (Å²) in [6, 6.07) is 16.8. The summed E-state index contributed by atoms with van der Waals surface area (Å²) in [5.41, 5.74) is 1.86. The minimum Gasteiger partial charge on any atom is -0.336 e. The largest absolute Gasteiger partial charge is 0.336 e. The third kappa shape index (κ3) is 4.73. The van der Waals surface area contributed by atoms with Crippen LogP contribution in [0.5, 0.6) is 0 Å². The molecule has 1 heterocycles. The molecule has 1 fully saturated rings. The molecule has 5 nitrogen and oxygen atoms in total. The normalized spacial score (nSPS) is 16.7. The fourth-order valence-corrected chi connectivity index (χ4v) is 3.61. The van der Waals surface area contributed by atoms with Crippen molar-refractivity contribution in [2.45, 2.75) is 18.9 Å². The Balaban J connectivity index is 1.66. The number of carbonyl (C=O) groups is 2. The lowest BCUT2D eigenvalue weighted by Gasteiger charge is -2.23. The Morgan fingerprint density at radius 2 is 1.81 bits per heavy atom. The summed E-state index contributed by atoms with van der Waals surface area (Å²) < 4.78 is 0.936. The monoisotopic (exact) mass is 445 g/mol. The number of likely N-dealkylation sites (N-methyl/N-ethyl adjacent to an activating group) is 1. The molecule has 1 unspecified atom stereocenters. The minimum absolute atomic E-state index is 0.0637. The summed E-state index contributed by atoms with van der Waals surface area (Å²) in [4.78, 5) is 28.4. The van der Waals surface area contributed by atoms with Crippen LogP contribution in [0.1, 0.15) is 12.0 Å². The number of hydrogen-bond donors (Lipinski definition) is 1. The van der Waals surface area contributed by atoms with E-state index < -0.39 is 6.04 Å². The highest BCUT2D eigenvalue weighted by molar-refractivity contribution is 9.10. The van der Waals surface area contributed by atoms with Gasteiger partial charge in [-0.1, -0.05) is 46.3 Å². The van der Waals surface area contributed by atoms with E-state index >= 15 is 0 Å². The van der Waals surface area contributed by atoms with Crippen LogP contribution in [0.3, 0.4) is 0 Å². The van der Waals surface area contributed by atoms with E-state index in [2.05, 4.69) is 21.2 Å². The molecule has 0 spiro atoms. The van der Waals surface area contributed by atoms with Crippen molar-refractivity contribution < 1.29 is 9.59 Å². The Bertz CT molecular complexity index is 842. The van der Waals surface area contributed by atoms with Crippen molar-refractivity contribution in [3.05, 3.63) is 64.6 Å². The van der Waals surface area contributed by atoms with Crippen LogP contribution in [0.2, 0.25) is 0 Å². The number of nitrogens with one attached hydrogen (secondary N) is 1. The fraction of sp³-hybridized carbons (Fsp3) is 0.250. The average molecular weight is 446 g/mol. The van der Waals surface area contributed by atoms with E-state index in [1.165, 1.54) is 10.5 Å². The quantitative estimate of drug-likeness (QED) is 0.691. The number of halogens is 1. The van der Waals surface area contributed by atoms with Gasteiger partial charge in [-0.2, -0.15) is 0 Å². The molecule has 2 aromatic carbocycles. The van der Waals surface area contributed by atoms with Crippen molar-refractivity contribution >= 4 is 50.8 Å². The van der Waals surface area contributed by atoms with Gasteiger partial charge >= 0.3 is 0 Å². The number of thiocarbonyl (C=S) groups is 1. The summed E-state index contributed by atoms with van der Waals surface area (Å²) in [6.45, 7) is 0.592. The second kappa shape index (κ2) is 8.63. The summed E-state index contributed by atoms with van der Waals surface area (Å²) in [5.74, 6) is -0.350. The number of amides is 2. The first-order valence-electron chi connectivity index (χ1n) is 8.63. The van der Waals surface area contributed by atoms with Crippen LogP contribution in [0.25, 0.3) is 0 Å². The summed E-state index contributed by atoms with van der Waals surface area (Å²) in [7, 11) is 1.66. The second-order valence-electron chi connectivity index (χ2n) is 6.38. The molecule has 1 aliphatic rings. The van der Waals surface area contributed by atoms with Gasteiger partial charge in [0.15, 0.2) is 5.11 Å². The van der Waals surface area contributed by atoms with Crippen LogP contribution in [0, 0.1) is 0 Å². The molecule has 2 aromatic rings. The lowest BCUT2D eigenvalue weighted by atomic mass is 10.1. The van der Waals surface area contributed by atoms with Crippen molar-refractivity contribution in [2.24, 2.45) is 0 Å². The summed E-state index contributed by atoms with van der Waals surface area (Å²) >= 11 is 8.79. The molecular weight excluding hydrogens is 426 g/mol. The third-order valence-corrected chi connectivity index (χ3v) is 5.55. The maximum atomic E-state index is 12.6. The number of hydrogen-bond acceptors (Lipinski definition) is 3. The van der Waals surface area contributed by atoms with E-state index in [-0.39, 0.29) is 18.2 Å². The third-order valence-electron chi connectivity index (χ3n) is 4.52. The van der Waals surface area contributed by atoms with E-state index in [1.807, 2.05) is 59.5 Å². The van der Waals surface area contributed by atoms with Gasteiger partial charge in [-0.3, -0.25) is 14.5 Å². The zero-order valence-corrected chi connectivity index (χ0v) is 17.3. The Morgan fingerprint density at radius 3 is 2.48 bits per heavy atom. The van der Waals surface area contributed by atoms with Gasteiger partial charge in [0.25, 0.3) is 5.91 Å². The van der Waals surface area contributed by atoms with Gasteiger partial charge in [0.2, 0.25) is 5.91 Å². The number of anilines is 1. The van der Waals surface area contributed by atoms with E-state index in [4.69, 9.17) is 12.2 Å². The molecule has 0 radical (unpaired) electrons. The van der Waals surface area contributed by atoms with Gasteiger partial charge < -0.3 is 10.2 Å². The van der Waals surface area contributed by atoms with E-state index in [0.717, 1.165) is 10.9 Å². The zero-order valence-electron chi connectivity index (χ0n) is 14.9. The Labute approximate surface area is 172 Å². The lowest BCUT2D eigenvalue weighted by Crippen LogP contribution is -2.39. The molecule has 0 saturated carbocycles. The van der Waals surface area contributed by atoms with Gasteiger partial charge in [-0.25, -0.2) is 0 Å². The molecule has 1 saturated heterocycles. The first-order chi connectivity index (χ1) is 13.0. The Morgan fingerprint density at radius 1 is 1.15 bits per heavy atom. The van der Waals surface area contributed by atoms with Crippen molar-refractivity contribution in [1.29, 1.82) is 0 Å². The lowest BCUT2D eigenvalue weighted by molar-refractivity contribution is -0.130. The highest BCUT2D eigenvalue weighted by atomic mass is 79.9. The van der Waals surface area contributed by atoms with Crippen LogP contribution in [0.4, 0.5) is 5.69 Å². The van der Waals surface area contributed by atoms with Crippen LogP contribution < -0.4 is 5.32 Å². The van der Waals surface area contributed by atoms with E-state index in [0.29, 0.717) is 17.3 Å². The maximum Gasteiger partial charge on any atom is 0.251 e. The number of benzene rings is 2. The van der Waals surface area contributed by atoms with Gasteiger partial charge in [-0.05, 0) is 48.5 Å². The average Bonchev–Trinajstić information content (AvgIpc) is 2.86. The predicted molar refractivity (Wildman–Crippen MR) is 113 cm³/mol. The number of nitrogens with zero attached hydrogens (tertiary/aromatic N) is 2. The van der Waals surface area contributed by atoms with Crippen molar-refractivity contribution in [3.8, 4) is 0 Å². The molecule has 0 bridgehead atoms. The molecule has 1 N–H and O–H groups in total. The number of carbonyl (C=O) groups excluding carboxylic acids is 2. The van der Waals surface area contributed by atoms with E-state index in [9.17, 15) is 9.59 Å². The molecule has 0 aliphatic carbocycles. The number of rotatable bonds is 6. The zero-order chi connectivity index (χ0) is 19.4. The smallest absolute Gasteiger partial charge is 0.251 e. The SMILES string of the molecule is CN1C(=O)C(CC(=O)Nc2ccc(Br)cc2)N(CCc2ccccc2)C1=S. The van der Waals surface area contributed by atoms with Crippen molar-refractivity contribution in [3.63, 3.8) is 0 Å². The second-order valence-corrected chi connectivity index (χ2v) is 7.66. The predicted octanol–water partition coefficient (Wildman–Crippen LogP) is 3.45. The molecule has 1 atom stereocenters. The molecule has 2 amide bonds. The molecule has 3 rings (SSSR count). The fourth-order valence-electron chi connectivity index (χ4n) is 3.04. The molecule has 1 aliphatic heterocycles. The van der Waals surface area contributed by atoms with Crippen molar-refractivity contribution in [1.82, 2.24) is 9.80 Å². The molecule has 27 heavy (non-hydrogen) atoms. The molecule has 0 aromatic heterocycles. The first-order valence-corrected chi connectivity index (χ1v) is 9.83. The highest BCUT2D eigenvalue weighted by Crippen LogP contribution is 2.21. The maximum absolute atomic E-state index is 12.6. The summed E-state index contributed by atoms with van der Waals surface area (Å²) in [6.07, 6.45) is 0.821. The topological polar surface area (TPSA) is 52.7 Å². The Kier molecular flexibility index (Phi) is 6.23. The molecule has 140 valence electrons.